The van der Waals surface area contributed by atoms with Crippen molar-refractivity contribution in [2.75, 3.05) is 46.3 Å². The maximum Gasteiger partial charge on any atom is 0.255 e. The molecule has 0 aromatic heterocycles. The lowest BCUT2D eigenvalue weighted by molar-refractivity contribution is -0.144. The summed E-state index contributed by atoms with van der Waals surface area (Å²) < 4.78 is 13.8. The summed E-state index contributed by atoms with van der Waals surface area (Å²) in [4.78, 5) is 48.5. The summed E-state index contributed by atoms with van der Waals surface area (Å²) in [5.41, 5.74) is 0.703. The van der Waals surface area contributed by atoms with Gasteiger partial charge in [-0.15, -0.1) is 0 Å². The Bertz CT molecular complexity index is 1170. The van der Waals surface area contributed by atoms with E-state index in [1.54, 1.807) is 17.0 Å². The summed E-state index contributed by atoms with van der Waals surface area (Å²) in [7, 11) is 2.04. The maximum absolute atomic E-state index is 14.1. The van der Waals surface area contributed by atoms with E-state index in [1.807, 2.05) is 48.9 Å². The third-order valence-corrected chi connectivity index (χ3v) is 7.60. The minimum absolute atomic E-state index is 0.00144. The SMILES string of the molecule is CC(C)N1C(=O)c2ccccc2C(C(=O)N2CCN(C)CC2)C12CN(C(=O)c1cccc(F)c1)C2. The molecular weight excluding hydrogens is 447 g/mol. The molecule has 2 fully saturated rings. The van der Waals surface area contributed by atoms with Crippen molar-refractivity contribution in [2.24, 2.45) is 0 Å². The Kier molecular flexibility index (Phi) is 5.87. The van der Waals surface area contributed by atoms with Crippen LogP contribution in [0.15, 0.2) is 48.5 Å². The number of hydrogen-bond acceptors (Lipinski definition) is 4. The molecule has 0 saturated carbocycles. The van der Waals surface area contributed by atoms with Crippen LogP contribution in [0.4, 0.5) is 4.39 Å². The molecule has 35 heavy (non-hydrogen) atoms. The number of amides is 3. The van der Waals surface area contributed by atoms with E-state index in [-0.39, 0.29) is 42.4 Å². The standard InChI is InChI=1S/C27H31FN4O3/c1-18(2)32-25(34)22-10-5-4-9-21(22)23(26(35)30-13-11-29(3)12-14-30)27(32)16-31(17-27)24(33)19-7-6-8-20(28)15-19/h4-10,15,18,23H,11-14,16-17H2,1-3H3. The molecule has 0 N–H and O–H groups in total. The Morgan fingerprint density at radius 3 is 2.31 bits per heavy atom. The van der Waals surface area contributed by atoms with Gasteiger partial charge in [0.1, 0.15) is 5.82 Å². The number of likely N-dealkylation sites (tertiary alicyclic amines) is 1. The Hall–Kier alpha value is -3.26. The largest absolute Gasteiger partial charge is 0.340 e. The first-order chi connectivity index (χ1) is 16.7. The lowest BCUT2D eigenvalue weighted by Gasteiger charge is -2.62. The molecule has 0 radical (unpaired) electrons. The summed E-state index contributed by atoms with van der Waals surface area (Å²) in [5, 5.41) is 0. The van der Waals surface area contributed by atoms with Crippen molar-refractivity contribution in [3.05, 3.63) is 71.0 Å². The van der Waals surface area contributed by atoms with E-state index in [9.17, 15) is 18.8 Å². The highest BCUT2D eigenvalue weighted by Gasteiger charge is 2.62. The summed E-state index contributed by atoms with van der Waals surface area (Å²) in [5.74, 6) is -1.45. The second-order valence-electron chi connectivity index (χ2n) is 10.2. The zero-order valence-corrected chi connectivity index (χ0v) is 20.4. The quantitative estimate of drug-likeness (QED) is 0.680. The predicted octanol–water partition coefficient (Wildman–Crippen LogP) is 2.44. The zero-order chi connectivity index (χ0) is 24.9. The van der Waals surface area contributed by atoms with Crippen molar-refractivity contribution in [3.8, 4) is 0 Å². The second-order valence-corrected chi connectivity index (χ2v) is 10.2. The van der Waals surface area contributed by atoms with Crippen LogP contribution in [0.1, 0.15) is 46.0 Å². The van der Waals surface area contributed by atoms with Gasteiger partial charge in [0.2, 0.25) is 5.91 Å². The number of carbonyl (C=O) groups is 3. The first kappa shape index (κ1) is 23.5. The molecule has 3 aliphatic heterocycles. The summed E-state index contributed by atoms with van der Waals surface area (Å²) in [6, 6.07) is 12.8. The molecule has 184 valence electrons. The van der Waals surface area contributed by atoms with Gasteiger partial charge in [-0.2, -0.15) is 0 Å². The van der Waals surface area contributed by atoms with Gasteiger partial charge in [0.25, 0.3) is 11.8 Å². The first-order valence-electron chi connectivity index (χ1n) is 12.2. The fourth-order valence-corrected chi connectivity index (χ4v) is 5.92. The van der Waals surface area contributed by atoms with Crippen molar-refractivity contribution in [1.82, 2.24) is 19.6 Å². The van der Waals surface area contributed by atoms with E-state index in [0.717, 1.165) is 18.7 Å². The molecule has 3 aliphatic rings. The number of rotatable bonds is 3. The zero-order valence-electron chi connectivity index (χ0n) is 20.4. The van der Waals surface area contributed by atoms with E-state index in [4.69, 9.17) is 0 Å². The second kappa shape index (κ2) is 8.75. The normalized spacial score (nSPS) is 21.8. The van der Waals surface area contributed by atoms with Crippen LogP contribution in [-0.2, 0) is 4.79 Å². The van der Waals surface area contributed by atoms with Gasteiger partial charge in [0.05, 0.1) is 11.5 Å². The Balaban J connectivity index is 1.54. The smallest absolute Gasteiger partial charge is 0.255 e. The highest BCUT2D eigenvalue weighted by molar-refractivity contribution is 6.03. The van der Waals surface area contributed by atoms with Crippen LogP contribution in [0.25, 0.3) is 0 Å². The number of likely N-dealkylation sites (N-methyl/N-ethyl adjacent to an activating group) is 1. The van der Waals surface area contributed by atoms with E-state index in [1.165, 1.54) is 18.2 Å². The van der Waals surface area contributed by atoms with Crippen molar-refractivity contribution >= 4 is 17.7 Å². The first-order valence-corrected chi connectivity index (χ1v) is 12.2. The molecule has 5 rings (SSSR count). The van der Waals surface area contributed by atoms with Crippen LogP contribution in [0.5, 0.6) is 0 Å². The third kappa shape index (κ3) is 3.80. The molecule has 0 bridgehead atoms. The van der Waals surface area contributed by atoms with Gasteiger partial charge in [-0.25, -0.2) is 4.39 Å². The molecule has 3 heterocycles. The minimum atomic E-state index is -0.844. The molecule has 2 saturated heterocycles. The number of fused-ring (bicyclic) bond motifs is 1. The van der Waals surface area contributed by atoms with Crippen LogP contribution in [-0.4, -0.2) is 95.2 Å². The molecule has 1 unspecified atom stereocenters. The highest BCUT2D eigenvalue weighted by Crippen LogP contribution is 2.48. The molecule has 7 nitrogen and oxygen atoms in total. The van der Waals surface area contributed by atoms with Crippen LogP contribution in [0.3, 0.4) is 0 Å². The monoisotopic (exact) mass is 478 g/mol. The fourth-order valence-electron chi connectivity index (χ4n) is 5.92. The van der Waals surface area contributed by atoms with E-state index in [2.05, 4.69) is 4.90 Å². The minimum Gasteiger partial charge on any atom is -0.340 e. The van der Waals surface area contributed by atoms with Crippen LogP contribution < -0.4 is 0 Å². The maximum atomic E-state index is 14.1. The van der Waals surface area contributed by atoms with Crippen LogP contribution in [0, 0.1) is 5.82 Å². The fraction of sp³-hybridized carbons (Fsp3) is 0.444. The Morgan fingerprint density at radius 2 is 1.66 bits per heavy atom. The average molecular weight is 479 g/mol. The number of benzene rings is 2. The van der Waals surface area contributed by atoms with Gasteiger partial charge in [0.15, 0.2) is 0 Å². The third-order valence-electron chi connectivity index (χ3n) is 7.60. The topological polar surface area (TPSA) is 64.2 Å². The van der Waals surface area contributed by atoms with Crippen molar-refractivity contribution in [3.63, 3.8) is 0 Å². The van der Waals surface area contributed by atoms with Crippen LogP contribution in [0.2, 0.25) is 0 Å². The van der Waals surface area contributed by atoms with Gasteiger partial charge < -0.3 is 19.6 Å². The van der Waals surface area contributed by atoms with Crippen molar-refractivity contribution in [1.29, 1.82) is 0 Å². The Labute approximate surface area is 205 Å². The van der Waals surface area contributed by atoms with Gasteiger partial charge >= 0.3 is 0 Å². The summed E-state index contributed by atoms with van der Waals surface area (Å²) >= 11 is 0. The molecule has 2 aromatic carbocycles. The molecule has 2 aromatic rings. The number of halogens is 1. The highest BCUT2D eigenvalue weighted by atomic mass is 19.1. The number of hydrogen-bond donors (Lipinski definition) is 0. The number of piperazine rings is 1. The van der Waals surface area contributed by atoms with Crippen LogP contribution >= 0.6 is 0 Å². The van der Waals surface area contributed by atoms with E-state index < -0.39 is 17.3 Å². The molecule has 1 atom stereocenters. The lowest BCUT2D eigenvalue weighted by atomic mass is 9.67. The number of nitrogens with zero attached hydrogens (tertiary/aromatic N) is 4. The summed E-state index contributed by atoms with van der Waals surface area (Å²) in [6.07, 6.45) is 0. The molecule has 8 heteroatoms. The predicted molar refractivity (Wildman–Crippen MR) is 130 cm³/mol. The van der Waals surface area contributed by atoms with Crippen molar-refractivity contribution in [2.45, 2.75) is 31.3 Å². The van der Waals surface area contributed by atoms with Crippen molar-refractivity contribution < 1.29 is 18.8 Å². The number of carbonyl (C=O) groups excluding carboxylic acids is 3. The van der Waals surface area contributed by atoms with E-state index >= 15 is 0 Å². The van der Waals surface area contributed by atoms with Gasteiger partial charge in [0, 0.05) is 56.4 Å². The molecule has 0 aliphatic carbocycles. The molecule has 3 amide bonds. The molecular formula is C27H31FN4O3. The molecule has 1 spiro atoms. The van der Waals surface area contributed by atoms with Gasteiger partial charge in [-0.1, -0.05) is 24.3 Å². The van der Waals surface area contributed by atoms with Gasteiger partial charge in [-0.05, 0) is 50.7 Å². The Morgan fingerprint density at radius 1 is 0.971 bits per heavy atom. The van der Waals surface area contributed by atoms with E-state index in [0.29, 0.717) is 18.7 Å². The summed E-state index contributed by atoms with van der Waals surface area (Å²) in [6.45, 7) is 7.20. The lowest BCUT2D eigenvalue weighted by Crippen LogP contribution is -2.78. The van der Waals surface area contributed by atoms with Gasteiger partial charge in [-0.3, -0.25) is 14.4 Å². The average Bonchev–Trinajstić information content (AvgIpc) is 2.81.